The van der Waals surface area contributed by atoms with E-state index in [0.717, 1.165) is 3.70 Å². The van der Waals surface area contributed by atoms with Gasteiger partial charge in [-0.3, -0.25) is 4.90 Å². The Morgan fingerprint density at radius 2 is 2.46 bits per heavy atom. The molecular formula is C10H13IN2. The van der Waals surface area contributed by atoms with Crippen LogP contribution in [0.5, 0.6) is 0 Å². The highest BCUT2D eigenvalue weighted by Crippen LogP contribution is 2.31. The van der Waals surface area contributed by atoms with Gasteiger partial charge >= 0.3 is 0 Å². The van der Waals surface area contributed by atoms with Crippen molar-refractivity contribution in [2.24, 2.45) is 0 Å². The highest BCUT2D eigenvalue weighted by atomic mass is 127. The molecule has 1 aromatic rings. The molecule has 3 heteroatoms. The van der Waals surface area contributed by atoms with Gasteiger partial charge in [0.15, 0.2) is 0 Å². The van der Waals surface area contributed by atoms with Crippen molar-refractivity contribution in [2.75, 3.05) is 13.6 Å². The lowest BCUT2D eigenvalue weighted by Gasteiger charge is -2.20. The van der Waals surface area contributed by atoms with Gasteiger partial charge in [-0.15, -0.1) is 0 Å². The molecule has 1 atom stereocenters. The van der Waals surface area contributed by atoms with E-state index in [-0.39, 0.29) is 0 Å². The summed E-state index contributed by atoms with van der Waals surface area (Å²) in [7, 11) is 2.20. The van der Waals surface area contributed by atoms with Crippen LogP contribution in [0.3, 0.4) is 0 Å². The molecule has 0 saturated carbocycles. The minimum Gasteiger partial charge on any atom is -0.299 e. The molecule has 2 heterocycles. The number of pyridine rings is 1. The molecule has 1 aliphatic heterocycles. The molecule has 0 spiro atoms. The first-order valence-electron chi connectivity index (χ1n) is 4.59. The lowest BCUT2D eigenvalue weighted by molar-refractivity contribution is 0.316. The van der Waals surface area contributed by atoms with Crippen LogP contribution in [0.2, 0.25) is 0 Å². The summed E-state index contributed by atoms with van der Waals surface area (Å²) in [6.07, 6.45) is 4.45. The van der Waals surface area contributed by atoms with E-state index in [1.807, 2.05) is 12.3 Å². The molecule has 0 aromatic carbocycles. The Morgan fingerprint density at radius 3 is 3.08 bits per heavy atom. The van der Waals surface area contributed by atoms with E-state index in [9.17, 15) is 0 Å². The van der Waals surface area contributed by atoms with E-state index in [0.29, 0.717) is 6.04 Å². The number of likely N-dealkylation sites (tertiary alicyclic amines) is 1. The number of hydrogen-bond acceptors (Lipinski definition) is 2. The van der Waals surface area contributed by atoms with Crippen LogP contribution in [-0.2, 0) is 0 Å². The van der Waals surface area contributed by atoms with Crippen molar-refractivity contribution in [2.45, 2.75) is 18.9 Å². The third kappa shape index (κ3) is 1.86. The summed E-state index contributed by atoms with van der Waals surface area (Å²) in [5.74, 6) is 0. The van der Waals surface area contributed by atoms with Gasteiger partial charge in [0, 0.05) is 17.8 Å². The third-order valence-corrected chi connectivity index (χ3v) is 3.57. The summed E-state index contributed by atoms with van der Waals surface area (Å²) in [5, 5.41) is 0. The van der Waals surface area contributed by atoms with Gasteiger partial charge < -0.3 is 0 Å². The second-order valence-corrected chi connectivity index (χ2v) is 4.54. The van der Waals surface area contributed by atoms with E-state index in [1.165, 1.54) is 24.9 Å². The molecule has 0 N–H and O–H groups in total. The van der Waals surface area contributed by atoms with Gasteiger partial charge in [0.2, 0.25) is 0 Å². The Hall–Kier alpha value is -0.160. The number of halogens is 1. The van der Waals surface area contributed by atoms with Gasteiger partial charge in [-0.1, -0.05) is 6.07 Å². The zero-order valence-electron chi connectivity index (χ0n) is 7.70. The van der Waals surface area contributed by atoms with Crippen LogP contribution in [0, 0.1) is 3.70 Å². The zero-order chi connectivity index (χ0) is 9.26. The Kier molecular flexibility index (Phi) is 2.83. The molecule has 1 aromatic heterocycles. The molecule has 0 amide bonds. The van der Waals surface area contributed by atoms with Crippen LogP contribution in [0.15, 0.2) is 18.3 Å². The summed E-state index contributed by atoms with van der Waals surface area (Å²) in [6, 6.07) is 4.82. The Bertz CT molecular complexity index is 301. The van der Waals surface area contributed by atoms with E-state index >= 15 is 0 Å². The van der Waals surface area contributed by atoms with Crippen LogP contribution in [0.25, 0.3) is 0 Å². The second-order valence-electron chi connectivity index (χ2n) is 3.52. The first-order valence-corrected chi connectivity index (χ1v) is 5.67. The first-order chi connectivity index (χ1) is 6.29. The van der Waals surface area contributed by atoms with Crippen LogP contribution in [0.1, 0.15) is 24.4 Å². The molecule has 0 aliphatic carbocycles. The van der Waals surface area contributed by atoms with E-state index in [2.05, 4.69) is 45.6 Å². The summed E-state index contributed by atoms with van der Waals surface area (Å²) in [5.41, 5.74) is 1.39. The van der Waals surface area contributed by atoms with E-state index in [1.54, 1.807) is 0 Å². The monoisotopic (exact) mass is 288 g/mol. The fraction of sp³-hybridized carbons (Fsp3) is 0.500. The topological polar surface area (TPSA) is 16.1 Å². The maximum atomic E-state index is 4.32. The van der Waals surface area contributed by atoms with E-state index < -0.39 is 0 Å². The summed E-state index contributed by atoms with van der Waals surface area (Å²) < 4.78 is 1.15. The molecule has 0 radical (unpaired) electrons. The van der Waals surface area contributed by atoms with Crippen molar-refractivity contribution in [3.05, 3.63) is 27.6 Å². The van der Waals surface area contributed by atoms with E-state index in [4.69, 9.17) is 0 Å². The molecule has 1 fully saturated rings. The fourth-order valence-corrected chi connectivity index (χ4v) is 2.65. The van der Waals surface area contributed by atoms with Gasteiger partial charge in [-0.2, -0.15) is 0 Å². The smallest absolute Gasteiger partial charge is 0.106 e. The van der Waals surface area contributed by atoms with Crippen LogP contribution < -0.4 is 0 Å². The van der Waals surface area contributed by atoms with Crippen molar-refractivity contribution >= 4 is 22.6 Å². The lowest BCUT2D eigenvalue weighted by Crippen LogP contribution is -2.18. The van der Waals surface area contributed by atoms with Crippen LogP contribution in [-0.4, -0.2) is 23.5 Å². The highest BCUT2D eigenvalue weighted by molar-refractivity contribution is 14.1. The predicted octanol–water partition coefficient (Wildman–Crippen LogP) is 2.45. The fourth-order valence-electron chi connectivity index (χ4n) is 1.95. The maximum absolute atomic E-state index is 4.32. The minimum absolute atomic E-state index is 0.598. The molecular weight excluding hydrogens is 275 g/mol. The van der Waals surface area contributed by atoms with Gasteiger partial charge in [-0.25, -0.2) is 4.98 Å². The average molecular weight is 288 g/mol. The van der Waals surface area contributed by atoms with Crippen LogP contribution >= 0.6 is 22.6 Å². The molecule has 1 saturated heterocycles. The normalized spacial score (nSPS) is 23.7. The SMILES string of the molecule is CN1CCC[C@H]1c1cccnc1I. The van der Waals surface area contributed by atoms with Gasteiger partial charge in [0.1, 0.15) is 3.70 Å². The predicted molar refractivity (Wildman–Crippen MR) is 61.6 cm³/mol. The van der Waals surface area contributed by atoms with Crippen molar-refractivity contribution in [1.82, 2.24) is 9.88 Å². The third-order valence-electron chi connectivity index (χ3n) is 2.67. The quantitative estimate of drug-likeness (QED) is 0.583. The number of aromatic nitrogens is 1. The number of nitrogens with zero attached hydrogens (tertiary/aromatic N) is 2. The van der Waals surface area contributed by atoms with Crippen molar-refractivity contribution in [3.8, 4) is 0 Å². The highest BCUT2D eigenvalue weighted by Gasteiger charge is 2.24. The lowest BCUT2D eigenvalue weighted by atomic mass is 10.1. The summed E-state index contributed by atoms with van der Waals surface area (Å²) in [6.45, 7) is 1.22. The zero-order valence-corrected chi connectivity index (χ0v) is 9.86. The molecule has 1 aliphatic rings. The van der Waals surface area contributed by atoms with Gasteiger partial charge in [0.25, 0.3) is 0 Å². The molecule has 2 nitrogen and oxygen atoms in total. The standard InChI is InChI=1S/C10H13IN2/c1-13-7-3-5-9(13)8-4-2-6-12-10(8)11/h2,4,6,9H,3,5,7H2,1H3/t9-/m0/s1. The molecule has 0 unspecified atom stereocenters. The largest absolute Gasteiger partial charge is 0.299 e. The minimum atomic E-state index is 0.598. The van der Waals surface area contributed by atoms with Crippen molar-refractivity contribution in [3.63, 3.8) is 0 Å². The maximum Gasteiger partial charge on any atom is 0.106 e. The Morgan fingerprint density at radius 1 is 1.62 bits per heavy atom. The van der Waals surface area contributed by atoms with Gasteiger partial charge in [0.05, 0.1) is 0 Å². The Balaban J connectivity index is 2.29. The Labute approximate surface area is 92.5 Å². The summed E-state index contributed by atoms with van der Waals surface area (Å²) >= 11 is 2.32. The molecule has 13 heavy (non-hydrogen) atoms. The molecule has 2 rings (SSSR count). The van der Waals surface area contributed by atoms with Gasteiger partial charge in [-0.05, 0) is 55.1 Å². The van der Waals surface area contributed by atoms with Crippen molar-refractivity contribution < 1.29 is 0 Å². The summed E-state index contributed by atoms with van der Waals surface area (Å²) in [4.78, 5) is 6.73. The molecule has 0 bridgehead atoms. The van der Waals surface area contributed by atoms with Crippen molar-refractivity contribution in [1.29, 1.82) is 0 Å². The first kappa shape index (κ1) is 9.40. The molecule has 70 valence electrons. The number of rotatable bonds is 1. The number of hydrogen-bond donors (Lipinski definition) is 0. The van der Waals surface area contributed by atoms with Crippen LogP contribution in [0.4, 0.5) is 0 Å². The average Bonchev–Trinajstić information content (AvgIpc) is 2.52. The second kappa shape index (κ2) is 3.92.